The van der Waals surface area contributed by atoms with Crippen LogP contribution in [0.2, 0.25) is 0 Å². The third kappa shape index (κ3) is 4.30. The van der Waals surface area contributed by atoms with Crippen molar-refractivity contribution in [1.29, 1.82) is 0 Å². The van der Waals surface area contributed by atoms with Crippen LogP contribution in [0.4, 0.5) is 0 Å². The van der Waals surface area contributed by atoms with E-state index in [2.05, 4.69) is 6.92 Å². The lowest BCUT2D eigenvalue weighted by molar-refractivity contribution is -0.129. The molecular weight excluding hydrogens is 390 g/mol. The Hall–Kier alpha value is -1.73. The summed E-state index contributed by atoms with van der Waals surface area (Å²) in [6.45, 7) is 4.30. The van der Waals surface area contributed by atoms with E-state index >= 15 is 0 Å². The zero-order valence-corrected chi connectivity index (χ0v) is 17.7. The molecule has 2 aliphatic rings. The van der Waals surface area contributed by atoms with Gasteiger partial charge in [-0.1, -0.05) is 49.0 Å². The average Bonchev–Trinajstić information content (AvgIpc) is 3.10. The van der Waals surface area contributed by atoms with E-state index in [1.807, 2.05) is 35.2 Å². The fraction of sp³-hybridized carbons (Fsp3) is 0.476. The second-order valence-corrected chi connectivity index (χ2v) is 9.80. The molecule has 1 aromatic carbocycles. The zero-order chi connectivity index (χ0) is 19.5. The standard InChI is InChI=1S/C21H25N3O2S2/c1-15-12-17-19(28-15)20(26)24(13-16-8-4-2-5-9-16)21(22-17)27-14-18(25)23-10-6-3-7-11-23/h2,4-5,8-9,15H,3,6-7,10-14H2,1H3/t15-/m0/s1. The van der Waals surface area contributed by atoms with E-state index in [0.717, 1.165) is 48.5 Å². The molecule has 3 heterocycles. The molecule has 1 fully saturated rings. The minimum absolute atomic E-state index is 0.0242. The van der Waals surface area contributed by atoms with Gasteiger partial charge >= 0.3 is 0 Å². The highest BCUT2D eigenvalue weighted by Crippen LogP contribution is 2.34. The van der Waals surface area contributed by atoms with Gasteiger partial charge in [-0.25, -0.2) is 4.98 Å². The van der Waals surface area contributed by atoms with Crippen molar-refractivity contribution in [3.63, 3.8) is 0 Å². The summed E-state index contributed by atoms with van der Waals surface area (Å²) < 4.78 is 1.74. The largest absolute Gasteiger partial charge is 0.342 e. The lowest BCUT2D eigenvalue weighted by atomic mass is 10.1. The Morgan fingerprint density at radius 3 is 2.71 bits per heavy atom. The van der Waals surface area contributed by atoms with Crippen LogP contribution in [-0.4, -0.2) is 44.5 Å². The second kappa shape index (κ2) is 8.74. The molecule has 0 radical (unpaired) electrons. The van der Waals surface area contributed by atoms with Crippen LogP contribution in [0.3, 0.4) is 0 Å². The fourth-order valence-electron chi connectivity index (χ4n) is 3.71. The summed E-state index contributed by atoms with van der Waals surface area (Å²) in [6, 6.07) is 9.96. The van der Waals surface area contributed by atoms with Crippen LogP contribution in [-0.2, 0) is 17.8 Å². The summed E-state index contributed by atoms with van der Waals surface area (Å²) in [7, 11) is 0. The summed E-state index contributed by atoms with van der Waals surface area (Å²) in [4.78, 5) is 33.3. The third-order valence-corrected chi connectivity index (χ3v) is 7.36. The Balaban J connectivity index is 1.59. The van der Waals surface area contributed by atoms with Gasteiger partial charge in [-0.05, 0) is 24.8 Å². The van der Waals surface area contributed by atoms with Gasteiger partial charge in [0.05, 0.1) is 22.9 Å². The smallest absolute Gasteiger partial charge is 0.268 e. The molecule has 1 aromatic heterocycles. The highest BCUT2D eigenvalue weighted by Gasteiger charge is 2.27. The first kappa shape index (κ1) is 19.6. The Kier molecular flexibility index (Phi) is 6.11. The molecule has 148 valence electrons. The van der Waals surface area contributed by atoms with Gasteiger partial charge in [-0.15, -0.1) is 11.8 Å². The van der Waals surface area contributed by atoms with Crippen LogP contribution in [0.5, 0.6) is 0 Å². The molecule has 5 nitrogen and oxygen atoms in total. The normalized spacial score (nSPS) is 18.9. The van der Waals surface area contributed by atoms with Crippen LogP contribution < -0.4 is 5.56 Å². The fourth-order valence-corrected chi connectivity index (χ4v) is 5.74. The monoisotopic (exact) mass is 415 g/mol. The van der Waals surface area contributed by atoms with Gasteiger partial charge < -0.3 is 4.90 Å². The van der Waals surface area contributed by atoms with Crippen molar-refractivity contribution >= 4 is 29.4 Å². The topological polar surface area (TPSA) is 55.2 Å². The van der Waals surface area contributed by atoms with E-state index in [1.165, 1.54) is 18.2 Å². The number of hydrogen-bond donors (Lipinski definition) is 0. The number of nitrogens with zero attached hydrogens (tertiary/aromatic N) is 3. The van der Waals surface area contributed by atoms with Crippen LogP contribution in [0.25, 0.3) is 0 Å². The van der Waals surface area contributed by atoms with Crippen molar-refractivity contribution in [2.75, 3.05) is 18.8 Å². The Morgan fingerprint density at radius 2 is 1.96 bits per heavy atom. The molecule has 0 aliphatic carbocycles. The number of rotatable bonds is 5. The summed E-state index contributed by atoms with van der Waals surface area (Å²) >= 11 is 3.02. The van der Waals surface area contributed by atoms with Gasteiger partial charge in [-0.3, -0.25) is 14.2 Å². The van der Waals surface area contributed by atoms with Gasteiger partial charge in [0.25, 0.3) is 5.56 Å². The van der Waals surface area contributed by atoms with Gasteiger partial charge in [0, 0.05) is 24.8 Å². The number of benzene rings is 1. The molecule has 2 aromatic rings. The van der Waals surface area contributed by atoms with Gasteiger partial charge in [0.15, 0.2) is 5.16 Å². The predicted molar refractivity (Wildman–Crippen MR) is 114 cm³/mol. The number of amides is 1. The number of fused-ring (bicyclic) bond motifs is 1. The molecule has 28 heavy (non-hydrogen) atoms. The maximum atomic E-state index is 13.2. The van der Waals surface area contributed by atoms with E-state index in [4.69, 9.17) is 4.98 Å². The van der Waals surface area contributed by atoms with Crippen molar-refractivity contribution in [2.24, 2.45) is 0 Å². The molecule has 0 unspecified atom stereocenters. The Labute approximate surface area is 173 Å². The van der Waals surface area contributed by atoms with Crippen LogP contribution in [0.1, 0.15) is 37.4 Å². The summed E-state index contributed by atoms with van der Waals surface area (Å²) in [6.07, 6.45) is 4.19. The van der Waals surface area contributed by atoms with E-state index in [0.29, 0.717) is 22.7 Å². The minimum atomic E-state index is 0.0242. The van der Waals surface area contributed by atoms with Crippen LogP contribution in [0.15, 0.2) is 45.2 Å². The molecule has 0 bridgehead atoms. The number of carbonyl (C=O) groups excluding carboxylic acids is 1. The van der Waals surface area contributed by atoms with E-state index in [-0.39, 0.29) is 11.5 Å². The van der Waals surface area contributed by atoms with Crippen molar-refractivity contribution in [3.8, 4) is 0 Å². The number of piperidine rings is 1. The third-order valence-electron chi connectivity index (χ3n) is 5.18. The van der Waals surface area contributed by atoms with E-state index in [1.54, 1.807) is 16.3 Å². The lowest BCUT2D eigenvalue weighted by Gasteiger charge is -2.26. The Morgan fingerprint density at radius 1 is 1.21 bits per heavy atom. The maximum absolute atomic E-state index is 13.2. The molecule has 0 spiro atoms. The van der Waals surface area contributed by atoms with Crippen LogP contribution >= 0.6 is 23.5 Å². The second-order valence-electron chi connectivity index (χ2n) is 7.41. The highest BCUT2D eigenvalue weighted by atomic mass is 32.2. The van der Waals surface area contributed by atoms with Gasteiger partial charge in [-0.2, -0.15) is 0 Å². The SMILES string of the molecule is C[C@H]1Cc2nc(SCC(=O)N3CCCCC3)n(Cc3ccccc3)c(=O)c2S1. The summed E-state index contributed by atoms with van der Waals surface area (Å²) in [5.74, 6) is 0.483. The molecule has 1 saturated heterocycles. The number of likely N-dealkylation sites (tertiary alicyclic amines) is 1. The summed E-state index contributed by atoms with van der Waals surface area (Å²) in [5.41, 5.74) is 1.97. The van der Waals surface area contributed by atoms with Crippen molar-refractivity contribution in [1.82, 2.24) is 14.5 Å². The quantitative estimate of drug-likeness (QED) is 0.553. The minimum Gasteiger partial charge on any atom is -0.342 e. The van der Waals surface area contributed by atoms with Gasteiger partial charge in [0.1, 0.15) is 0 Å². The van der Waals surface area contributed by atoms with E-state index in [9.17, 15) is 9.59 Å². The molecule has 7 heteroatoms. The number of aromatic nitrogens is 2. The zero-order valence-electron chi connectivity index (χ0n) is 16.1. The van der Waals surface area contributed by atoms with E-state index < -0.39 is 0 Å². The molecular formula is C21H25N3O2S2. The first-order chi connectivity index (χ1) is 13.6. The molecule has 2 aliphatic heterocycles. The average molecular weight is 416 g/mol. The maximum Gasteiger partial charge on any atom is 0.268 e. The van der Waals surface area contributed by atoms with Crippen molar-refractivity contribution in [3.05, 3.63) is 51.9 Å². The molecule has 1 atom stereocenters. The highest BCUT2D eigenvalue weighted by molar-refractivity contribution is 8.00. The molecule has 4 rings (SSSR count). The van der Waals surface area contributed by atoms with Crippen LogP contribution in [0, 0.1) is 0 Å². The lowest BCUT2D eigenvalue weighted by Crippen LogP contribution is -2.37. The van der Waals surface area contributed by atoms with Crippen molar-refractivity contribution < 1.29 is 4.79 Å². The first-order valence-corrected chi connectivity index (χ1v) is 11.7. The molecule has 0 N–H and O–H groups in total. The number of carbonyl (C=O) groups is 1. The number of thioether (sulfide) groups is 2. The van der Waals surface area contributed by atoms with Gasteiger partial charge in [0.2, 0.25) is 5.91 Å². The van der Waals surface area contributed by atoms with Crippen molar-refractivity contribution in [2.45, 2.75) is 54.5 Å². The summed E-state index contributed by atoms with van der Waals surface area (Å²) in [5, 5.41) is 1.03. The number of hydrogen-bond acceptors (Lipinski definition) is 5. The first-order valence-electron chi connectivity index (χ1n) is 9.86. The Bertz CT molecular complexity index is 908. The molecule has 0 saturated carbocycles. The predicted octanol–water partition coefficient (Wildman–Crippen LogP) is 3.43. The molecule has 1 amide bonds.